The van der Waals surface area contributed by atoms with E-state index in [1.54, 1.807) is 0 Å². The van der Waals surface area contributed by atoms with Gasteiger partial charge in [-0.2, -0.15) is 0 Å². The molecule has 0 unspecified atom stereocenters. The molecule has 0 rings (SSSR count). The number of hydrogen-bond donors (Lipinski definition) is 0. The van der Waals surface area contributed by atoms with Crippen LogP contribution in [0.5, 0.6) is 0 Å². The summed E-state index contributed by atoms with van der Waals surface area (Å²) in [5.41, 5.74) is 0. The number of halogens is 4. The third-order valence-corrected chi connectivity index (χ3v) is 0. The van der Waals surface area contributed by atoms with Crippen molar-refractivity contribution in [3.63, 3.8) is 0 Å². The molecule has 36 valence electrons. The van der Waals surface area contributed by atoms with Crippen molar-refractivity contribution >= 4 is 53.3 Å². The zero-order chi connectivity index (χ0) is 3.58. The molecule has 0 aromatic heterocycles. The van der Waals surface area contributed by atoms with Gasteiger partial charge in [0.1, 0.15) is 0 Å². The van der Waals surface area contributed by atoms with Crippen molar-refractivity contribution < 1.29 is 15.3 Å². The SMILES string of the molecule is F.[CaH2].[F][Al]([F])[F]. The Morgan fingerprint density at radius 3 is 1.00 bits per heavy atom. The monoisotopic (exact) mass is 146 g/mol. The Kier molecular flexibility index (Phi) is 25.3. The van der Waals surface area contributed by atoms with Gasteiger partial charge in [-0.1, -0.05) is 0 Å². The van der Waals surface area contributed by atoms with Crippen molar-refractivity contribution in [3.8, 4) is 0 Å². The van der Waals surface area contributed by atoms with E-state index in [2.05, 4.69) is 0 Å². The van der Waals surface area contributed by atoms with Crippen LogP contribution in [0.15, 0.2) is 0 Å². The van der Waals surface area contributed by atoms with Crippen LogP contribution in [0, 0.1) is 0 Å². The normalized spacial score (nSPS) is 4.50. The molecule has 0 aromatic rings. The molecule has 0 aliphatic carbocycles. The molecule has 0 saturated carbocycles. The summed E-state index contributed by atoms with van der Waals surface area (Å²) in [7, 11) is 0. The van der Waals surface area contributed by atoms with Crippen LogP contribution in [0.4, 0.5) is 15.3 Å². The molecule has 0 saturated heterocycles. The van der Waals surface area contributed by atoms with Gasteiger partial charge in [-0.15, -0.1) is 0 Å². The molecule has 0 fully saturated rings. The molecule has 0 spiro atoms. The average molecular weight is 146 g/mol. The molecular weight excluding hydrogens is 143 g/mol. The maximum absolute atomic E-state index is 9.81. The van der Waals surface area contributed by atoms with E-state index in [1.807, 2.05) is 0 Å². The van der Waals surface area contributed by atoms with E-state index in [-0.39, 0.29) is 42.4 Å². The van der Waals surface area contributed by atoms with Gasteiger partial charge in [-0.25, -0.2) is 0 Å². The summed E-state index contributed by atoms with van der Waals surface area (Å²) >= 11 is -4.64. The summed E-state index contributed by atoms with van der Waals surface area (Å²) < 4.78 is 29.4. The molecule has 0 heterocycles. The molecule has 0 N–H and O–H groups in total. The van der Waals surface area contributed by atoms with E-state index in [0.29, 0.717) is 0 Å². The largest absolute Gasteiger partial charge is 1.04 e. The van der Waals surface area contributed by atoms with Crippen molar-refractivity contribution in [2.24, 2.45) is 0 Å². The van der Waals surface area contributed by atoms with Crippen molar-refractivity contribution in [2.45, 2.75) is 0 Å². The van der Waals surface area contributed by atoms with Crippen molar-refractivity contribution in [2.75, 3.05) is 0 Å². The van der Waals surface area contributed by atoms with Crippen LogP contribution in [0.25, 0.3) is 0 Å². The maximum Gasteiger partial charge on any atom is 1.04 e. The van der Waals surface area contributed by atoms with Gasteiger partial charge < -0.3 is 10.6 Å². The Hall–Kier alpha value is 1.51. The molecule has 0 aliphatic heterocycles. The van der Waals surface area contributed by atoms with Gasteiger partial charge in [-0.3, -0.25) is 4.70 Å². The Labute approximate surface area is 67.9 Å². The Morgan fingerprint density at radius 1 is 1.00 bits per heavy atom. The van der Waals surface area contributed by atoms with E-state index in [1.165, 1.54) is 0 Å². The average Bonchev–Trinajstić information content (AvgIpc) is 0.811. The van der Waals surface area contributed by atoms with Crippen molar-refractivity contribution in [1.82, 2.24) is 0 Å². The van der Waals surface area contributed by atoms with E-state index in [4.69, 9.17) is 0 Å². The molecule has 6 heavy (non-hydrogen) atoms. The van der Waals surface area contributed by atoms with Crippen LogP contribution in [-0.4, -0.2) is 53.3 Å². The Bertz CT molecular complexity index is 12.3. The second-order valence-corrected chi connectivity index (χ2v) is 0.742. The summed E-state index contributed by atoms with van der Waals surface area (Å²) in [5, 5.41) is 0. The summed E-state index contributed by atoms with van der Waals surface area (Å²) in [5.74, 6) is 0. The second kappa shape index (κ2) is 9.72. The fraction of sp³-hybridized carbons (Fsp3) is 0. The Morgan fingerprint density at radius 2 is 1.00 bits per heavy atom. The van der Waals surface area contributed by atoms with Crippen LogP contribution < -0.4 is 0 Å². The first-order valence-electron chi connectivity index (χ1n) is 0.655. The standard InChI is InChI=1S/Al.Ca.4FH.2H/h;;4*1H;;/q+3;;;;;;;/p-3. The van der Waals surface area contributed by atoms with Crippen LogP contribution in [-0.2, 0) is 0 Å². The molecule has 0 atom stereocenters. The van der Waals surface area contributed by atoms with Crippen LogP contribution in [0.3, 0.4) is 0 Å². The van der Waals surface area contributed by atoms with Crippen molar-refractivity contribution in [1.29, 1.82) is 0 Å². The number of hydrogen-bond acceptors (Lipinski definition) is 0. The smallest absolute Gasteiger partial charge is 0.346 e. The van der Waals surface area contributed by atoms with E-state index in [9.17, 15) is 10.6 Å². The minimum atomic E-state index is -4.64. The van der Waals surface area contributed by atoms with Gasteiger partial charge in [0.05, 0.1) is 0 Å². The molecule has 0 bridgehead atoms. The fourth-order valence-corrected chi connectivity index (χ4v) is 0. The predicted octanol–water partition coefficient (Wildman–Crippen LogP) is 0.116. The van der Waals surface area contributed by atoms with Gasteiger partial charge in [-0.05, 0) is 0 Å². The molecule has 0 amide bonds. The molecule has 0 nitrogen and oxygen atoms in total. The maximum atomic E-state index is 9.81. The van der Waals surface area contributed by atoms with Gasteiger partial charge in [0.15, 0.2) is 0 Å². The summed E-state index contributed by atoms with van der Waals surface area (Å²) in [4.78, 5) is 0. The van der Waals surface area contributed by atoms with Gasteiger partial charge in [0, 0.05) is 0 Å². The third kappa shape index (κ3) is 49.1. The topological polar surface area (TPSA) is 0 Å². The quantitative estimate of drug-likeness (QED) is 0.336. The van der Waals surface area contributed by atoms with E-state index >= 15 is 0 Å². The predicted molar refractivity (Wildman–Crippen MR) is 20.1 cm³/mol. The van der Waals surface area contributed by atoms with E-state index < -0.39 is 15.5 Å². The van der Waals surface area contributed by atoms with E-state index in [0.717, 1.165) is 0 Å². The second-order valence-electron chi connectivity index (χ2n) is 0.247. The minimum Gasteiger partial charge on any atom is -0.346 e. The van der Waals surface area contributed by atoms with Gasteiger partial charge >= 0.3 is 53.3 Å². The molecule has 0 aromatic carbocycles. The summed E-state index contributed by atoms with van der Waals surface area (Å²) in [6.07, 6.45) is 0. The zero-order valence-electron chi connectivity index (χ0n) is 2.12. The summed E-state index contributed by atoms with van der Waals surface area (Å²) in [6, 6.07) is 0. The molecular formula is H3AlCaF4. The number of rotatable bonds is 0. The zero-order valence-corrected chi connectivity index (χ0v) is 3.27. The van der Waals surface area contributed by atoms with Gasteiger partial charge in [0.2, 0.25) is 0 Å². The molecule has 6 heteroatoms. The first kappa shape index (κ1) is 15.6. The van der Waals surface area contributed by atoms with Gasteiger partial charge in [0.25, 0.3) is 0 Å². The molecule has 0 radical (unpaired) electrons. The first-order valence-corrected chi connectivity index (χ1v) is 1.96. The van der Waals surface area contributed by atoms with Crippen LogP contribution in [0.2, 0.25) is 0 Å². The first-order chi connectivity index (χ1) is 1.73. The minimum absolute atomic E-state index is 0. The van der Waals surface area contributed by atoms with Crippen LogP contribution >= 0.6 is 0 Å². The summed E-state index contributed by atoms with van der Waals surface area (Å²) in [6.45, 7) is 0. The van der Waals surface area contributed by atoms with Crippen LogP contribution in [0.1, 0.15) is 0 Å². The van der Waals surface area contributed by atoms with Crippen molar-refractivity contribution in [3.05, 3.63) is 0 Å². The fourth-order valence-electron chi connectivity index (χ4n) is 0. The third-order valence-electron chi connectivity index (χ3n) is 0. The Balaban J connectivity index is -0.0000000450. The molecule has 0 aliphatic rings.